The number of likely N-dealkylation sites (N-methyl/N-ethyl adjacent to an activating group) is 1. The van der Waals surface area contributed by atoms with Crippen molar-refractivity contribution < 1.29 is 19.5 Å². The molecule has 1 aliphatic heterocycles. The predicted octanol–water partition coefficient (Wildman–Crippen LogP) is 7.28. The van der Waals surface area contributed by atoms with Gasteiger partial charge in [-0.1, -0.05) is 66.2 Å². The van der Waals surface area contributed by atoms with Gasteiger partial charge in [0, 0.05) is 42.6 Å². The third-order valence-corrected chi connectivity index (χ3v) is 9.59. The van der Waals surface area contributed by atoms with E-state index in [2.05, 4.69) is 11.0 Å². The van der Waals surface area contributed by atoms with E-state index in [1.807, 2.05) is 84.4 Å². The largest absolute Gasteiger partial charge is 0.478 e. The molecule has 4 aromatic carbocycles. The lowest BCUT2D eigenvalue weighted by atomic mass is 9.90. The van der Waals surface area contributed by atoms with Crippen LogP contribution >= 0.6 is 11.6 Å². The maximum Gasteiger partial charge on any atom is 0.335 e. The normalized spacial score (nSPS) is 14.5. The Labute approximate surface area is 285 Å². The molecule has 0 aliphatic carbocycles. The first-order valence-corrected chi connectivity index (χ1v) is 16.7. The van der Waals surface area contributed by atoms with Crippen molar-refractivity contribution in [3.8, 4) is 0 Å². The minimum absolute atomic E-state index is 0.00903. The van der Waals surface area contributed by atoms with Crippen LogP contribution < -0.4 is 0 Å². The minimum Gasteiger partial charge on any atom is -0.478 e. The van der Waals surface area contributed by atoms with Gasteiger partial charge in [0.2, 0.25) is 5.78 Å². The number of aromatic carboxylic acids is 1. The second-order valence-electron chi connectivity index (χ2n) is 12.6. The maximum absolute atomic E-state index is 14.0. The standard InChI is InChI=1S/C39H39ClN4O4/c1-42(38(46)29-8-3-2-4-9-29)26-32(31-10-7-11-33(40)24-31)20-23-43-21-18-28(19-22-43)36(45)37-41-34-12-5-6-13-35(34)44(37)25-27-14-16-30(17-15-27)39(47)48/h2-17,24,28,32H,18-23,25-26H2,1H3,(H,47,48). The molecule has 8 nitrogen and oxygen atoms in total. The number of hydrogen-bond donors (Lipinski definition) is 1. The van der Waals surface area contributed by atoms with Gasteiger partial charge in [0.1, 0.15) is 0 Å². The number of carboxylic acids is 1. The lowest BCUT2D eigenvalue weighted by molar-refractivity contribution is 0.0695. The Morgan fingerprint density at radius 1 is 0.896 bits per heavy atom. The Hall–Kier alpha value is -4.79. The molecule has 2 heterocycles. The number of imidazole rings is 1. The zero-order valence-electron chi connectivity index (χ0n) is 27.0. The van der Waals surface area contributed by atoms with Crippen LogP contribution in [0.25, 0.3) is 11.0 Å². The van der Waals surface area contributed by atoms with Gasteiger partial charge >= 0.3 is 5.97 Å². The predicted molar refractivity (Wildman–Crippen MR) is 188 cm³/mol. The Kier molecular flexibility index (Phi) is 10.3. The fourth-order valence-electron chi connectivity index (χ4n) is 6.64. The van der Waals surface area contributed by atoms with E-state index >= 15 is 0 Å². The van der Waals surface area contributed by atoms with Gasteiger partial charge in [-0.2, -0.15) is 0 Å². The molecule has 1 unspecified atom stereocenters. The third-order valence-electron chi connectivity index (χ3n) is 9.35. The molecule has 0 spiro atoms. The number of aromatic nitrogens is 2. The highest BCUT2D eigenvalue weighted by molar-refractivity contribution is 6.30. The smallest absolute Gasteiger partial charge is 0.335 e. The second-order valence-corrected chi connectivity index (χ2v) is 13.0. The third kappa shape index (κ3) is 7.67. The van der Waals surface area contributed by atoms with Crippen LogP contribution in [-0.4, -0.2) is 75.3 Å². The van der Waals surface area contributed by atoms with Gasteiger partial charge in [0.05, 0.1) is 16.6 Å². The molecule has 1 amide bonds. The summed E-state index contributed by atoms with van der Waals surface area (Å²) in [6, 6.07) is 31.7. The highest BCUT2D eigenvalue weighted by atomic mass is 35.5. The fraction of sp³-hybridized carbons (Fsp3) is 0.282. The van der Waals surface area contributed by atoms with Gasteiger partial charge in [-0.15, -0.1) is 0 Å². The van der Waals surface area contributed by atoms with E-state index < -0.39 is 5.97 Å². The molecule has 6 rings (SSSR count). The molecule has 0 bridgehead atoms. The van der Waals surface area contributed by atoms with Crippen LogP contribution in [0.2, 0.25) is 5.02 Å². The highest BCUT2D eigenvalue weighted by Gasteiger charge is 2.30. The number of hydrogen-bond acceptors (Lipinski definition) is 5. The Bertz CT molecular complexity index is 1900. The molecule has 1 fully saturated rings. The number of likely N-dealkylation sites (tertiary alicyclic amines) is 1. The summed E-state index contributed by atoms with van der Waals surface area (Å²) in [4.78, 5) is 47.4. The molecule has 48 heavy (non-hydrogen) atoms. The van der Waals surface area contributed by atoms with Crippen LogP contribution in [0.5, 0.6) is 0 Å². The van der Waals surface area contributed by atoms with Crippen molar-refractivity contribution in [1.29, 1.82) is 0 Å². The number of nitrogens with zero attached hydrogens (tertiary/aromatic N) is 4. The van der Waals surface area contributed by atoms with Gasteiger partial charge < -0.3 is 19.5 Å². The molecule has 9 heteroatoms. The molecule has 1 atom stereocenters. The molecule has 1 saturated heterocycles. The number of benzene rings is 4. The van der Waals surface area contributed by atoms with Crippen molar-refractivity contribution in [3.63, 3.8) is 0 Å². The van der Waals surface area contributed by atoms with Crippen LogP contribution in [0, 0.1) is 5.92 Å². The van der Waals surface area contributed by atoms with Crippen molar-refractivity contribution in [1.82, 2.24) is 19.4 Å². The molecule has 0 radical (unpaired) electrons. The summed E-state index contributed by atoms with van der Waals surface area (Å²) in [5, 5.41) is 9.97. The molecule has 1 N–H and O–H groups in total. The van der Waals surface area contributed by atoms with E-state index in [-0.39, 0.29) is 29.1 Å². The van der Waals surface area contributed by atoms with E-state index in [1.165, 1.54) is 0 Å². The van der Waals surface area contributed by atoms with Gasteiger partial charge in [0.25, 0.3) is 5.91 Å². The summed E-state index contributed by atoms with van der Waals surface area (Å²) in [7, 11) is 1.85. The Morgan fingerprint density at radius 3 is 2.31 bits per heavy atom. The van der Waals surface area contributed by atoms with Crippen molar-refractivity contribution in [2.75, 3.05) is 33.2 Å². The molecule has 1 aromatic heterocycles. The lowest BCUT2D eigenvalue weighted by Crippen LogP contribution is -2.38. The number of piperidine rings is 1. The number of carbonyl (C=O) groups is 3. The van der Waals surface area contributed by atoms with Gasteiger partial charge in [-0.05, 0) is 98.6 Å². The second kappa shape index (κ2) is 15.0. The average Bonchev–Trinajstić information content (AvgIpc) is 3.48. The van der Waals surface area contributed by atoms with E-state index in [0.717, 1.165) is 61.1 Å². The highest BCUT2D eigenvalue weighted by Crippen LogP contribution is 2.28. The zero-order valence-corrected chi connectivity index (χ0v) is 27.7. The van der Waals surface area contributed by atoms with E-state index in [0.29, 0.717) is 29.5 Å². The lowest BCUT2D eigenvalue weighted by Gasteiger charge is -2.33. The zero-order chi connectivity index (χ0) is 33.6. The molecule has 1 aliphatic rings. The Morgan fingerprint density at radius 2 is 1.60 bits per heavy atom. The fourth-order valence-corrected chi connectivity index (χ4v) is 6.84. The number of amides is 1. The number of carbonyl (C=O) groups excluding carboxylic acids is 2. The van der Waals surface area contributed by atoms with Crippen LogP contribution in [0.3, 0.4) is 0 Å². The van der Waals surface area contributed by atoms with Gasteiger partial charge in [0.15, 0.2) is 5.82 Å². The SMILES string of the molecule is CN(CC(CCN1CCC(C(=O)c2nc3ccccc3n2Cc2ccc(C(=O)O)cc2)CC1)c1cccc(Cl)c1)C(=O)c1ccccc1. The van der Waals surface area contributed by atoms with Crippen molar-refractivity contribution >= 4 is 40.3 Å². The topological polar surface area (TPSA) is 95.7 Å². The maximum atomic E-state index is 14.0. The summed E-state index contributed by atoms with van der Waals surface area (Å²) >= 11 is 6.38. The van der Waals surface area contributed by atoms with Crippen molar-refractivity contribution in [3.05, 3.63) is 136 Å². The first-order chi connectivity index (χ1) is 23.3. The van der Waals surface area contributed by atoms with Crippen LogP contribution in [-0.2, 0) is 6.54 Å². The number of fused-ring (bicyclic) bond motifs is 1. The van der Waals surface area contributed by atoms with Crippen LogP contribution in [0.1, 0.15) is 67.6 Å². The van der Waals surface area contributed by atoms with Crippen molar-refractivity contribution in [2.24, 2.45) is 5.92 Å². The number of rotatable bonds is 12. The van der Waals surface area contributed by atoms with Gasteiger partial charge in [-0.3, -0.25) is 9.59 Å². The average molecular weight is 663 g/mol. The number of para-hydroxylation sites is 2. The summed E-state index contributed by atoms with van der Waals surface area (Å²) in [5.74, 6) is -0.516. The van der Waals surface area contributed by atoms with Crippen LogP contribution in [0.4, 0.5) is 0 Å². The molecule has 0 saturated carbocycles. The molecule has 5 aromatic rings. The van der Waals surface area contributed by atoms with Crippen LogP contribution in [0.15, 0.2) is 103 Å². The quantitative estimate of drug-likeness (QED) is 0.141. The number of ketones is 1. The molecule has 246 valence electrons. The van der Waals surface area contributed by atoms with Gasteiger partial charge in [-0.25, -0.2) is 9.78 Å². The summed E-state index contributed by atoms with van der Waals surface area (Å²) < 4.78 is 1.96. The van der Waals surface area contributed by atoms with E-state index in [4.69, 9.17) is 16.6 Å². The summed E-state index contributed by atoms with van der Waals surface area (Å²) in [6.45, 7) is 3.43. The van der Waals surface area contributed by atoms with E-state index in [1.54, 1.807) is 29.2 Å². The van der Waals surface area contributed by atoms with E-state index in [9.17, 15) is 19.5 Å². The van der Waals surface area contributed by atoms with Crippen molar-refractivity contribution in [2.45, 2.75) is 31.7 Å². The first kappa shape index (κ1) is 33.1. The summed E-state index contributed by atoms with van der Waals surface area (Å²) in [5.41, 5.74) is 4.55. The number of halogens is 1. The first-order valence-electron chi connectivity index (χ1n) is 16.4. The summed E-state index contributed by atoms with van der Waals surface area (Å²) in [6.07, 6.45) is 2.33. The monoisotopic (exact) mass is 662 g/mol. The molecular weight excluding hydrogens is 624 g/mol. The number of Topliss-reactive ketones (excluding diaryl/α,β-unsaturated/α-hetero) is 1. The minimum atomic E-state index is -0.970. The number of carboxylic acid groups (broad SMARTS) is 1. The molecular formula is C39H39ClN4O4. The Balaban J connectivity index is 1.11.